The summed E-state index contributed by atoms with van der Waals surface area (Å²) in [6.07, 6.45) is 9.69. The summed E-state index contributed by atoms with van der Waals surface area (Å²) in [5.74, 6) is 0. The van der Waals surface area contributed by atoms with Gasteiger partial charge in [0.25, 0.3) is 0 Å². The number of para-hydroxylation sites is 1. The third kappa shape index (κ3) is 3.23. The Morgan fingerprint density at radius 3 is 2.14 bits per heavy atom. The predicted octanol–water partition coefficient (Wildman–Crippen LogP) is 11.3. The summed E-state index contributed by atoms with van der Waals surface area (Å²) in [6, 6.07) is 33.5. The molecular weight excluding hydrogens is 563 g/mol. The Bertz CT molecular complexity index is 2750. The van der Waals surface area contributed by atoms with Gasteiger partial charge in [-0.2, -0.15) is 0 Å². The van der Waals surface area contributed by atoms with Crippen LogP contribution in [0.5, 0.6) is 0 Å². The average Bonchev–Trinajstić information content (AvgIpc) is 3.78. The first-order valence-corrected chi connectivity index (χ1v) is 15.9. The van der Waals surface area contributed by atoms with Gasteiger partial charge in [0.1, 0.15) is 0 Å². The Kier molecular flexibility index (Phi) is 4.63. The molecule has 1 aliphatic rings. The van der Waals surface area contributed by atoms with Crippen LogP contribution >= 0.6 is 22.7 Å². The van der Waals surface area contributed by atoms with Gasteiger partial charge in [-0.3, -0.25) is 5.41 Å². The van der Waals surface area contributed by atoms with Gasteiger partial charge in [-0.1, -0.05) is 72.8 Å². The summed E-state index contributed by atoms with van der Waals surface area (Å²) in [6.45, 7) is 0. The van der Waals surface area contributed by atoms with Crippen LogP contribution in [0, 0.1) is 5.41 Å². The molecule has 4 heterocycles. The number of thiophene rings is 2. The van der Waals surface area contributed by atoms with Gasteiger partial charge in [0.2, 0.25) is 0 Å². The van der Waals surface area contributed by atoms with Crippen molar-refractivity contribution in [3.63, 3.8) is 0 Å². The summed E-state index contributed by atoms with van der Waals surface area (Å²) >= 11 is 3.75. The second-order valence-electron chi connectivity index (χ2n) is 11.2. The monoisotopic (exact) mass is 583 g/mol. The molecule has 0 aliphatic heterocycles. The van der Waals surface area contributed by atoms with Gasteiger partial charge in [-0.25, -0.2) is 4.99 Å². The zero-order valence-electron chi connectivity index (χ0n) is 22.8. The third-order valence-corrected chi connectivity index (χ3v) is 11.1. The average molecular weight is 584 g/mol. The lowest BCUT2D eigenvalue weighted by atomic mass is 10.0. The van der Waals surface area contributed by atoms with Crippen LogP contribution in [0.3, 0.4) is 0 Å². The number of nitrogens with one attached hydrogen (secondary N) is 1. The molecule has 0 radical (unpaired) electrons. The Hall–Kier alpha value is -5.10. The van der Waals surface area contributed by atoms with E-state index in [1.165, 1.54) is 73.3 Å². The summed E-state index contributed by atoms with van der Waals surface area (Å²) in [4.78, 5) is 5.00. The molecule has 0 saturated carbocycles. The maximum atomic E-state index is 8.39. The maximum absolute atomic E-state index is 8.39. The molecule has 3 nitrogen and oxygen atoms in total. The van der Waals surface area contributed by atoms with Gasteiger partial charge in [-0.15, -0.1) is 22.7 Å². The van der Waals surface area contributed by atoms with E-state index in [0.717, 1.165) is 11.1 Å². The van der Waals surface area contributed by atoms with Crippen molar-refractivity contribution in [3.8, 4) is 11.1 Å². The fourth-order valence-electron chi connectivity index (χ4n) is 6.81. The molecule has 1 N–H and O–H groups in total. The van der Waals surface area contributed by atoms with Gasteiger partial charge >= 0.3 is 0 Å². The second kappa shape index (κ2) is 8.48. The number of benzene rings is 5. The highest BCUT2D eigenvalue weighted by Gasteiger charge is 2.21. The van der Waals surface area contributed by atoms with Gasteiger partial charge in [-0.05, 0) is 53.6 Å². The van der Waals surface area contributed by atoms with Gasteiger partial charge in [0, 0.05) is 62.7 Å². The molecule has 4 aromatic heterocycles. The van der Waals surface area contributed by atoms with E-state index >= 15 is 0 Å². The normalized spacial score (nSPS) is 14.9. The highest BCUT2D eigenvalue weighted by Crippen LogP contribution is 2.48. The Morgan fingerprint density at radius 2 is 1.30 bits per heavy atom. The lowest BCUT2D eigenvalue weighted by Gasteiger charge is -2.04. The van der Waals surface area contributed by atoms with Crippen molar-refractivity contribution in [2.45, 2.75) is 0 Å². The zero-order valence-corrected chi connectivity index (χ0v) is 24.4. The first-order valence-electron chi connectivity index (χ1n) is 14.3. The SMILES string of the molecule is N=C1C=CC=CC1=Nc1cn2c3ccccc3c3c4sc5cc(-c6ccc7c(c6)sc6ccccc67)ccc5c4cc1c32. The van der Waals surface area contributed by atoms with E-state index < -0.39 is 0 Å². The fourth-order valence-corrected chi connectivity index (χ4v) is 9.24. The number of allylic oxidation sites excluding steroid dienone is 4. The number of hydrogen-bond donors (Lipinski definition) is 1. The smallest absolute Gasteiger partial charge is 0.0897 e. The van der Waals surface area contributed by atoms with Gasteiger partial charge < -0.3 is 4.40 Å². The standard InChI is InChI=1S/C38H21N3S2/c39-29-9-3-4-10-30(29)40-31-20-41-32-11-5-1-8-26(32)36-37(41)28(31)19-27-25-16-14-22(18-35(25)43-38(27)36)21-13-15-24-23-7-2-6-12-33(23)42-34(24)17-21/h1-20,39H. The van der Waals surface area contributed by atoms with E-state index in [4.69, 9.17) is 10.4 Å². The van der Waals surface area contributed by atoms with E-state index in [0.29, 0.717) is 11.4 Å². The first kappa shape index (κ1) is 23.5. The first-order chi connectivity index (χ1) is 21.2. The number of hydrogen-bond acceptors (Lipinski definition) is 4. The van der Waals surface area contributed by atoms with Crippen molar-refractivity contribution in [2.75, 3.05) is 0 Å². The summed E-state index contributed by atoms with van der Waals surface area (Å²) in [5, 5.41) is 17.3. The van der Waals surface area contributed by atoms with E-state index in [-0.39, 0.29) is 0 Å². The van der Waals surface area contributed by atoms with Crippen LogP contribution in [0.2, 0.25) is 0 Å². The topological polar surface area (TPSA) is 40.6 Å². The number of rotatable bonds is 2. The summed E-state index contributed by atoms with van der Waals surface area (Å²) in [5.41, 5.74) is 6.91. The predicted molar refractivity (Wildman–Crippen MR) is 188 cm³/mol. The summed E-state index contributed by atoms with van der Waals surface area (Å²) < 4.78 is 7.56. The minimum Gasteiger partial charge on any atom is -0.313 e. The molecular formula is C38H21N3S2. The van der Waals surface area contributed by atoms with Crippen LogP contribution in [0.25, 0.3) is 78.7 Å². The van der Waals surface area contributed by atoms with Crippen molar-refractivity contribution >= 4 is 107 Å². The molecule has 43 heavy (non-hydrogen) atoms. The van der Waals surface area contributed by atoms with E-state index in [2.05, 4.69) is 102 Å². The Balaban J connectivity index is 1.22. The minimum atomic E-state index is 0.435. The fraction of sp³-hybridized carbons (Fsp3) is 0. The van der Waals surface area contributed by atoms with E-state index in [1.54, 1.807) is 6.08 Å². The number of aliphatic imine (C=N–C) groups is 1. The van der Waals surface area contributed by atoms with Crippen LogP contribution in [0.15, 0.2) is 126 Å². The molecule has 0 fully saturated rings. The largest absolute Gasteiger partial charge is 0.313 e. The molecule has 1 aliphatic carbocycles. The molecule has 200 valence electrons. The molecule has 0 unspecified atom stereocenters. The van der Waals surface area contributed by atoms with Crippen LogP contribution in [0.1, 0.15) is 0 Å². The van der Waals surface area contributed by atoms with Crippen molar-refractivity contribution in [2.24, 2.45) is 4.99 Å². The molecule has 5 aromatic carbocycles. The Morgan fingerprint density at radius 1 is 0.605 bits per heavy atom. The number of aromatic nitrogens is 1. The molecule has 10 rings (SSSR count). The Labute approximate surface area is 253 Å². The van der Waals surface area contributed by atoms with Crippen LogP contribution in [-0.2, 0) is 0 Å². The summed E-state index contributed by atoms with van der Waals surface area (Å²) in [7, 11) is 0. The molecule has 0 saturated heterocycles. The molecule has 0 atom stereocenters. The van der Waals surface area contributed by atoms with Gasteiger partial charge in [0.15, 0.2) is 0 Å². The highest BCUT2D eigenvalue weighted by molar-refractivity contribution is 7.27. The van der Waals surface area contributed by atoms with Crippen LogP contribution < -0.4 is 0 Å². The van der Waals surface area contributed by atoms with Crippen LogP contribution in [0.4, 0.5) is 5.69 Å². The number of nitrogens with zero attached hydrogens (tertiary/aromatic N) is 2. The van der Waals surface area contributed by atoms with Crippen LogP contribution in [-0.4, -0.2) is 15.8 Å². The number of fused-ring (bicyclic) bond motifs is 10. The van der Waals surface area contributed by atoms with Crippen molar-refractivity contribution in [1.82, 2.24) is 4.40 Å². The molecule has 0 amide bonds. The molecule has 5 heteroatoms. The highest BCUT2D eigenvalue weighted by atomic mass is 32.1. The minimum absolute atomic E-state index is 0.435. The van der Waals surface area contributed by atoms with Crippen molar-refractivity contribution < 1.29 is 0 Å². The van der Waals surface area contributed by atoms with Crippen molar-refractivity contribution in [1.29, 1.82) is 5.41 Å². The zero-order chi connectivity index (χ0) is 28.2. The second-order valence-corrected chi connectivity index (χ2v) is 13.3. The van der Waals surface area contributed by atoms with Crippen molar-refractivity contribution in [3.05, 3.63) is 121 Å². The maximum Gasteiger partial charge on any atom is 0.0897 e. The van der Waals surface area contributed by atoms with E-state index in [9.17, 15) is 0 Å². The molecule has 0 spiro atoms. The lowest BCUT2D eigenvalue weighted by Crippen LogP contribution is -2.08. The lowest BCUT2D eigenvalue weighted by molar-refractivity contribution is 1.30. The molecule has 9 aromatic rings. The van der Waals surface area contributed by atoms with Gasteiger partial charge in [0.05, 0.1) is 28.1 Å². The quantitative estimate of drug-likeness (QED) is 0.197. The van der Waals surface area contributed by atoms with E-state index in [1.807, 2.05) is 40.9 Å². The third-order valence-electron chi connectivity index (χ3n) is 8.79. The molecule has 0 bridgehead atoms.